The van der Waals surface area contributed by atoms with Crippen LogP contribution in [0, 0.1) is 17.2 Å². The van der Waals surface area contributed by atoms with Crippen molar-refractivity contribution in [1.29, 1.82) is 5.26 Å². The predicted molar refractivity (Wildman–Crippen MR) is 92.4 cm³/mol. The highest BCUT2D eigenvalue weighted by Crippen LogP contribution is 2.40. The van der Waals surface area contributed by atoms with Crippen LogP contribution in [0.3, 0.4) is 0 Å². The van der Waals surface area contributed by atoms with E-state index in [1.807, 2.05) is 6.07 Å². The summed E-state index contributed by atoms with van der Waals surface area (Å²) in [6.07, 6.45) is -2.56. The number of aliphatic hydroxyl groups is 2. The molecule has 1 aromatic rings. The molecule has 28 heavy (non-hydrogen) atoms. The molecule has 1 aliphatic carbocycles. The second kappa shape index (κ2) is 8.34. The Morgan fingerprint density at radius 2 is 2.18 bits per heavy atom. The first-order valence-electron chi connectivity index (χ1n) is 8.39. The van der Waals surface area contributed by atoms with Gasteiger partial charge in [0.2, 0.25) is 0 Å². The fraction of sp³-hybridized carbons (Fsp3) is 0.562. The number of nitrogens with zero attached hydrogens (tertiary/aromatic N) is 3. The van der Waals surface area contributed by atoms with Crippen LogP contribution in [0.15, 0.2) is 17.1 Å². The summed E-state index contributed by atoms with van der Waals surface area (Å²) in [5.74, 6) is -2.92. The highest BCUT2D eigenvalue weighted by molar-refractivity contribution is 5.76. The van der Waals surface area contributed by atoms with Crippen LogP contribution in [0.25, 0.3) is 0 Å². The summed E-state index contributed by atoms with van der Waals surface area (Å²) in [4.78, 5) is 38.0. The molecule has 12 heteroatoms. The van der Waals surface area contributed by atoms with E-state index in [0.717, 1.165) is 4.57 Å². The first-order chi connectivity index (χ1) is 13.1. The van der Waals surface area contributed by atoms with Crippen molar-refractivity contribution in [1.82, 2.24) is 9.55 Å². The third kappa shape index (κ3) is 4.11. The van der Waals surface area contributed by atoms with E-state index in [0.29, 0.717) is 0 Å². The molecule has 1 heterocycles. The lowest BCUT2D eigenvalue weighted by atomic mass is 9.95. The van der Waals surface area contributed by atoms with Crippen LogP contribution >= 0.6 is 0 Å². The zero-order chi connectivity index (χ0) is 21.1. The summed E-state index contributed by atoms with van der Waals surface area (Å²) >= 11 is 0. The second-order valence-corrected chi connectivity index (χ2v) is 6.61. The SMILES string of the molecule is N#C[C@@]1(n2ccc(N)nc2=O)C[C@H](COC(=O)[C@@H](N)CCC(=O)O)C(O)C1O. The molecule has 1 aromatic heterocycles. The molecular weight excluding hydrogens is 374 g/mol. The van der Waals surface area contributed by atoms with Crippen LogP contribution in [0.4, 0.5) is 5.82 Å². The quantitative estimate of drug-likeness (QED) is 0.305. The Balaban J connectivity index is 2.13. The molecule has 2 rings (SSSR count). The number of nitriles is 1. The van der Waals surface area contributed by atoms with Crippen LogP contribution in [0.1, 0.15) is 19.3 Å². The summed E-state index contributed by atoms with van der Waals surface area (Å²) in [6.45, 7) is -0.377. The van der Waals surface area contributed by atoms with E-state index in [1.54, 1.807) is 0 Å². The number of nitrogens with two attached hydrogens (primary N) is 2. The lowest BCUT2D eigenvalue weighted by Crippen LogP contribution is -2.48. The lowest BCUT2D eigenvalue weighted by Gasteiger charge is -2.27. The normalized spacial score (nSPS) is 27.7. The Morgan fingerprint density at radius 3 is 2.75 bits per heavy atom. The maximum absolute atomic E-state index is 12.1. The van der Waals surface area contributed by atoms with Crippen molar-refractivity contribution in [3.05, 3.63) is 22.7 Å². The van der Waals surface area contributed by atoms with Crippen molar-refractivity contribution in [2.24, 2.45) is 11.7 Å². The zero-order valence-electron chi connectivity index (χ0n) is 14.8. The predicted octanol–water partition coefficient (Wildman–Crippen LogP) is -2.48. The molecule has 1 fully saturated rings. The molecule has 5 atom stereocenters. The fourth-order valence-corrected chi connectivity index (χ4v) is 3.16. The van der Waals surface area contributed by atoms with E-state index in [-0.39, 0.29) is 31.7 Å². The molecule has 1 aliphatic rings. The Kier molecular flexibility index (Phi) is 6.34. The third-order valence-electron chi connectivity index (χ3n) is 4.73. The third-order valence-corrected chi connectivity index (χ3v) is 4.73. The number of carbonyl (C=O) groups is 2. The van der Waals surface area contributed by atoms with Gasteiger partial charge in [-0.25, -0.2) is 4.79 Å². The van der Waals surface area contributed by atoms with Crippen molar-refractivity contribution in [2.45, 2.75) is 43.1 Å². The Labute approximate surface area is 159 Å². The minimum absolute atomic E-state index is 0.0665. The minimum Gasteiger partial charge on any atom is -0.481 e. The van der Waals surface area contributed by atoms with Gasteiger partial charge < -0.3 is 31.5 Å². The monoisotopic (exact) mass is 395 g/mol. The summed E-state index contributed by atoms with van der Waals surface area (Å²) in [5, 5.41) is 39.0. The molecule has 2 unspecified atom stereocenters. The molecule has 12 nitrogen and oxygen atoms in total. The molecule has 0 saturated heterocycles. The summed E-state index contributed by atoms with van der Waals surface area (Å²) in [7, 11) is 0. The van der Waals surface area contributed by atoms with Crippen LogP contribution in [-0.4, -0.2) is 61.7 Å². The number of nitrogen functional groups attached to an aromatic ring is 1. The molecule has 7 N–H and O–H groups in total. The number of anilines is 1. The Morgan fingerprint density at radius 1 is 1.50 bits per heavy atom. The van der Waals surface area contributed by atoms with Crippen molar-refractivity contribution in [3.63, 3.8) is 0 Å². The van der Waals surface area contributed by atoms with Gasteiger partial charge in [-0.05, 0) is 18.9 Å². The average Bonchev–Trinajstić information content (AvgIpc) is 2.89. The number of carbonyl (C=O) groups excluding carboxylic acids is 1. The van der Waals surface area contributed by atoms with Crippen molar-refractivity contribution < 1.29 is 29.6 Å². The standard InChI is InChI=1S/C16H21N5O7/c17-7-16(21-4-3-10(19)20-15(21)27)5-8(12(24)13(16)25)6-28-14(26)9(18)1-2-11(22)23/h3-4,8-9,12-13,24-25H,1-2,5-6,18H2,(H,22,23)(H2,19,20,27)/t8-,9+,12?,13?,16+/m1/s1. The number of carboxylic acids is 1. The molecular formula is C16H21N5O7. The van der Waals surface area contributed by atoms with Gasteiger partial charge in [-0.1, -0.05) is 0 Å². The van der Waals surface area contributed by atoms with E-state index in [9.17, 15) is 29.9 Å². The van der Waals surface area contributed by atoms with Gasteiger partial charge in [0, 0.05) is 18.5 Å². The van der Waals surface area contributed by atoms with Gasteiger partial charge in [-0.2, -0.15) is 10.2 Å². The first-order valence-corrected chi connectivity index (χ1v) is 8.39. The molecule has 152 valence electrons. The lowest BCUT2D eigenvalue weighted by molar-refractivity contribution is -0.148. The summed E-state index contributed by atoms with van der Waals surface area (Å²) < 4.78 is 5.89. The van der Waals surface area contributed by atoms with Crippen molar-refractivity contribution >= 4 is 17.8 Å². The molecule has 0 bridgehead atoms. The maximum Gasteiger partial charge on any atom is 0.350 e. The van der Waals surface area contributed by atoms with Crippen LogP contribution in [0.2, 0.25) is 0 Å². The highest BCUT2D eigenvalue weighted by Gasteiger charge is 2.55. The van der Waals surface area contributed by atoms with E-state index in [1.165, 1.54) is 12.3 Å². The van der Waals surface area contributed by atoms with Gasteiger partial charge in [0.1, 0.15) is 18.0 Å². The van der Waals surface area contributed by atoms with E-state index in [4.69, 9.17) is 21.3 Å². The van der Waals surface area contributed by atoms with E-state index in [2.05, 4.69) is 4.98 Å². The Hall–Kier alpha value is -3.01. The van der Waals surface area contributed by atoms with Gasteiger partial charge in [-0.3, -0.25) is 14.2 Å². The van der Waals surface area contributed by atoms with Crippen molar-refractivity contribution in [3.8, 4) is 6.07 Å². The minimum atomic E-state index is -1.82. The molecule has 0 amide bonds. The molecule has 0 aromatic carbocycles. The number of hydrogen-bond donors (Lipinski definition) is 5. The fourth-order valence-electron chi connectivity index (χ4n) is 3.16. The number of carboxylic acid groups (broad SMARTS) is 1. The number of rotatable bonds is 7. The maximum atomic E-state index is 12.1. The van der Waals surface area contributed by atoms with Crippen LogP contribution in [0.5, 0.6) is 0 Å². The molecule has 0 aliphatic heterocycles. The Bertz CT molecular complexity index is 851. The number of aromatic nitrogens is 2. The topological polar surface area (TPSA) is 215 Å². The number of hydrogen-bond acceptors (Lipinski definition) is 10. The van der Waals surface area contributed by atoms with Gasteiger partial charge >= 0.3 is 17.6 Å². The second-order valence-electron chi connectivity index (χ2n) is 6.61. The molecule has 0 spiro atoms. The largest absolute Gasteiger partial charge is 0.481 e. The number of esters is 1. The van der Waals surface area contributed by atoms with E-state index >= 15 is 0 Å². The van der Waals surface area contributed by atoms with Crippen LogP contribution < -0.4 is 17.2 Å². The number of aliphatic hydroxyl groups excluding tert-OH is 2. The highest BCUT2D eigenvalue weighted by atomic mass is 16.5. The van der Waals surface area contributed by atoms with Crippen LogP contribution in [-0.2, 0) is 19.9 Å². The van der Waals surface area contributed by atoms with Gasteiger partial charge in [-0.15, -0.1) is 0 Å². The van der Waals surface area contributed by atoms with Gasteiger partial charge in [0.05, 0.1) is 18.8 Å². The number of ether oxygens (including phenoxy) is 1. The van der Waals surface area contributed by atoms with E-state index < -0.39 is 47.3 Å². The first kappa shape index (κ1) is 21.3. The number of aliphatic carboxylic acids is 1. The molecule has 0 radical (unpaired) electrons. The van der Waals surface area contributed by atoms with Crippen molar-refractivity contribution in [2.75, 3.05) is 12.3 Å². The molecule has 1 saturated carbocycles. The van der Waals surface area contributed by atoms with Gasteiger partial charge in [0.15, 0.2) is 5.54 Å². The van der Waals surface area contributed by atoms with Gasteiger partial charge in [0.25, 0.3) is 0 Å². The smallest absolute Gasteiger partial charge is 0.350 e. The summed E-state index contributed by atoms with van der Waals surface area (Å²) in [6, 6.07) is 1.96. The summed E-state index contributed by atoms with van der Waals surface area (Å²) in [5.41, 5.74) is 8.28. The zero-order valence-corrected chi connectivity index (χ0v) is 14.8. The average molecular weight is 395 g/mol.